The lowest BCUT2D eigenvalue weighted by atomic mass is 10.1. The summed E-state index contributed by atoms with van der Waals surface area (Å²) in [6.45, 7) is 8.80. The number of aliphatic hydroxyl groups is 1. The van der Waals surface area contributed by atoms with Crippen molar-refractivity contribution < 1.29 is 9.84 Å². The van der Waals surface area contributed by atoms with Gasteiger partial charge in [-0.3, -0.25) is 0 Å². The molecule has 0 amide bonds. The first-order valence-corrected chi connectivity index (χ1v) is 5.21. The minimum atomic E-state index is -0.0523. The molecule has 2 nitrogen and oxygen atoms in total. The maximum absolute atomic E-state index is 9.04. The molecule has 1 N–H and O–H groups in total. The molecule has 0 bridgehead atoms. The lowest BCUT2D eigenvalue weighted by Gasteiger charge is -2.27. The maximum atomic E-state index is 9.04. The Morgan fingerprint density at radius 3 is 2.31 bits per heavy atom. The molecule has 1 aliphatic carbocycles. The second kappa shape index (κ2) is 3.97. The summed E-state index contributed by atoms with van der Waals surface area (Å²) in [4.78, 5) is 0. The van der Waals surface area contributed by atoms with Crippen molar-refractivity contribution in [2.75, 3.05) is 6.61 Å². The van der Waals surface area contributed by atoms with Crippen LogP contribution in [0.3, 0.4) is 0 Å². The number of aliphatic hydroxyl groups excluding tert-OH is 1. The highest BCUT2D eigenvalue weighted by molar-refractivity contribution is 4.83. The first-order chi connectivity index (χ1) is 5.92. The van der Waals surface area contributed by atoms with E-state index in [0.29, 0.717) is 24.5 Å². The molecule has 1 saturated carbocycles. The summed E-state index contributed by atoms with van der Waals surface area (Å²) in [5, 5.41) is 9.04. The fourth-order valence-corrected chi connectivity index (χ4v) is 2.10. The third-order valence-electron chi connectivity index (χ3n) is 2.67. The van der Waals surface area contributed by atoms with Gasteiger partial charge in [-0.2, -0.15) is 0 Å². The van der Waals surface area contributed by atoms with Gasteiger partial charge in [-0.15, -0.1) is 0 Å². The van der Waals surface area contributed by atoms with Gasteiger partial charge in [0.15, 0.2) is 0 Å². The van der Waals surface area contributed by atoms with Crippen LogP contribution >= 0.6 is 0 Å². The lowest BCUT2D eigenvalue weighted by Crippen LogP contribution is -2.29. The summed E-state index contributed by atoms with van der Waals surface area (Å²) in [6, 6.07) is 0. The highest BCUT2D eigenvalue weighted by Crippen LogP contribution is 2.34. The van der Waals surface area contributed by atoms with Gasteiger partial charge in [0, 0.05) is 6.61 Å². The van der Waals surface area contributed by atoms with Crippen molar-refractivity contribution >= 4 is 0 Å². The zero-order valence-corrected chi connectivity index (χ0v) is 9.21. The van der Waals surface area contributed by atoms with Crippen LogP contribution in [-0.4, -0.2) is 23.4 Å². The largest absolute Gasteiger partial charge is 0.396 e. The number of rotatable bonds is 2. The molecule has 0 unspecified atom stereocenters. The Morgan fingerprint density at radius 1 is 1.31 bits per heavy atom. The minimum absolute atomic E-state index is 0.0523. The molecule has 0 spiro atoms. The Morgan fingerprint density at radius 2 is 1.92 bits per heavy atom. The predicted molar refractivity (Wildman–Crippen MR) is 53.6 cm³/mol. The molecule has 0 aromatic heterocycles. The van der Waals surface area contributed by atoms with Crippen LogP contribution in [0.1, 0.15) is 40.5 Å². The molecule has 1 rings (SSSR count). The van der Waals surface area contributed by atoms with Crippen LogP contribution in [0.5, 0.6) is 0 Å². The first kappa shape index (κ1) is 11.0. The summed E-state index contributed by atoms with van der Waals surface area (Å²) in [6.07, 6.45) is 2.48. The van der Waals surface area contributed by atoms with Gasteiger partial charge in [0.05, 0.1) is 11.7 Å². The zero-order valence-electron chi connectivity index (χ0n) is 9.21. The smallest absolute Gasteiger partial charge is 0.0611 e. The van der Waals surface area contributed by atoms with Gasteiger partial charge in [-0.25, -0.2) is 0 Å². The molecule has 0 aromatic rings. The van der Waals surface area contributed by atoms with Crippen LogP contribution in [0, 0.1) is 11.8 Å². The number of hydrogen-bond acceptors (Lipinski definition) is 2. The fraction of sp³-hybridized carbons (Fsp3) is 1.00. The summed E-state index contributed by atoms with van der Waals surface area (Å²) < 4.78 is 5.93. The third kappa shape index (κ3) is 3.28. The van der Waals surface area contributed by atoms with Crippen molar-refractivity contribution in [1.29, 1.82) is 0 Å². The van der Waals surface area contributed by atoms with Gasteiger partial charge < -0.3 is 9.84 Å². The van der Waals surface area contributed by atoms with Crippen LogP contribution in [0.15, 0.2) is 0 Å². The van der Waals surface area contributed by atoms with Crippen LogP contribution < -0.4 is 0 Å². The van der Waals surface area contributed by atoms with E-state index in [0.717, 1.165) is 12.8 Å². The van der Waals surface area contributed by atoms with Crippen molar-refractivity contribution in [3.8, 4) is 0 Å². The van der Waals surface area contributed by atoms with E-state index in [1.165, 1.54) is 0 Å². The van der Waals surface area contributed by atoms with Crippen molar-refractivity contribution in [3.63, 3.8) is 0 Å². The number of ether oxygens (including phenoxy) is 1. The lowest BCUT2D eigenvalue weighted by molar-refractivity contribution is -0.0736. The maximum Gasteiger partial charge on any atom is 0.0611 e. The molecule has 2 heteroatoms. The van der Waals surface area contributed by atoms with E-state index in [9.17, 15) is 0 Å². The van der Waals surface area contributed by atoms with Gasteiger partial charge >= 0.3 is 0 Å². The monoisotopic (exact) mass is 186 g/mol. The Balaban J connectivity index is 2.44. The Bertz CT molecular complexity index is 160. The van der Waals surface area contributed by atoms with Crippen LogP contribution in [0.2, 0.25) is 0 Å². The molecule has 0 heterocycles. The average Bonchev–Trinajstić information content (AvgIpc) is 2.29. The second-order valence-corrected chi connectivity index (χ2v) is 5.27. The van der Waals surface area contributed by atoms with E-state index in [1.807, 2.05) is 0 Å². The zero-order chi connectivity index (χ0) is 10.1. The molecule has 1 aliphatic rings. The summed E-state index contributed by atoms with van der Waals surface area (Å²) >= 11 is 0. The molecule has 13 heavy (non-hydrogen) atoms. The quantitative estimate of drug-likeness (QED) is 0.716. The highest BCUT2D eigenvalue weighted by atomic mass is 16.5. The van der Waals surface area contributed by atoms with Gasteiger partial charge in [0.1, 0.15) is 0 Å². The number of hydrogen-bond donors (Lipinski definition) is 1. The van der Waals surface area contributed by atoms with E-state index >= 15 is 0 Å². The Hall–Kier alpha value is -0.0800. The van der Waals surface area contributed by atoms with Crippen LogP contribution in [0.25, 0.3) is 0 Å². The van der Waals surface area contributed by atoms with E-state index in [-0.39, 0.29) is 5.60 Å². The third-order valence-corrected chi connectivity index (χ3v) is 2.67. The van der Waals surface area contributed by atoms with Crippen LogP contribution in [0.4, 0.5) is 0 Å². The fourth-order valence-electron chi connectivity index (χ4n) is 2.10. The van der Waals surface area contributed by atoms with E-state index < -0.39 is 0 Å². The molecular weight excluding hydrogens is 164 g/mol. The van der Waals surface area contributed by atoms with E-state index in [4.69, 9.17) is 9.84 Å². The molecule has 78 valence electrons. The Kier molecular flexibility index (Phi) is 3.36. The van der Waals surface area contributed by atoms with Gasteiger partial charge in [0.2, 0.25) is 0 Å². The molecular formula is C11H22O2. The summed E-state index contributed by atoms with van der Waals surface area (Å²) in [5.41, 5.74) is -0.0523. The van der Waals surface area contributed by atoms with Gasteiger partial charge in [-0.05, 0) is 45.4 Å². The van der Waals surface area contributed by atoms with E-state index in [1.54, 1.807) is 0 Å². The average molecular weight is 186 g/mol. The van der Waals surface area contributed by atoms with Crippen molar-refractivity contribution in [2.45, 2.75) is 52.2 Å². The van der Waals surface area contributed by atoms with Crippen molar-refractivity contribution in [1.82, 2.24) is 0 Å². The van der Waals surface area contributed by atoms with Crippen LogP contribution in [-0.2, 0) is 4.74 Å². The summed E-state index contributed by atoms with van der Waals surface area (Å²) in [5.74, 6) is 1.05. The van der Waals surface area contributed by atoms with Gasteiger partial charge in [0.25, 0.3) is 0 Å². The molecule has 0 aromatic carbocycles. The molecule has 0 saturated heterocycles. The predicted octanol–water partition coefficient (Wildman–Crippen LogP) is 2.21. The Labute approximate surface area is 81.3 Å². The SMILES string of the molecule is C[C@@H]1C[C@H](CO)C[C@@H]1OC(C)(C)C. The minimum Gasteiger partial charge on any atom is -0.396 e. The second-order valence-electron chi connectivity index (χ2n) is 5.27. The van der Waals surface area contributed by atoms with E-state index in [2.05, 4.69) is 27.7 Å². The van der Waals surface area contributed by atoms with Gasteiger partial charge in [-0.1, -0.05) is 6.92 Å². The topological polar surface area (TPSA) is 29.5 Å². The molecule has 1 fully saturated rings. The normalized spacial score (nSPS) is 35.3. The highest BCUT2D eigenvalue weighted by Gasteiger charge is 2.33. The summed E-state index contributed by atoms with van der Waals surface area (Å²) in [7, 11) is 0. The molecule has 0 aliphatic heterocycles. The first-order valence-electron chi connectivity index (χ1n) is 5.21. The molecule has 3 atom stereocenters. The van der Waals surface area contributed by atoms with Crippen molar-refractivity contribution in [3.05, 3.63) is 0 Å². The molecule has 0 radical (unpaired) electrons. The van der Waals surface area contributed by atoms with Crippen molar-refractivity contribution in [2.24, 2.45) is 11.8 Å². The standard InChI is InChI=1S/C11H22O2/c1-8-5-9(7-12)6-10(8)13-11(2,3)4/h8-10,12H,5-7H2,1-4H3/t8-,9+,10+/m1/s1.